The molecule has 0 amide bonds. The third-order valence-corrected chi connectivity index (χ3v) is 13.4. The van der Waals surface area contributed by atoms with Crippen molar-refractivity contribution in [1.82, 2.24) is 9.13 Å². The third kappa shape index (κ3) is 4.58. The SMILES string of the molecule is C=P(c1ccc(N2C=CC3C=CC=CC32)cc1)(c1ccc(-n2ccc3ccccc32)cc1)c1ccc(-n2ccc3ccccc32)cc1. The molecule has 3 heterocycles. The zero-order valence-electron chi connectivity index (χ0n) is 26.0. The fourth-order valence-electron chi connectivity index (χ4n) is 7.30. The topological polar surface area (TPSA) is 13.1 Å². The van der Waals surface area contributed by atoms with Crippen molar-refractivity contribution in [2.24, 2.45) is 5.92 Å². The molecule has 0 fully saturated rings. The maximum absolute atomic E-state index is 5.11. The van der Waals surface area contributed by atoms with Crippen LogP contribution in [0.25, 0.3) is 33.2 Å². The first-order chi connectivity index (χ1) is 23.2. The van der Waals surface area contributed by atoms with Gasteiger partial charge in [-0.3, -0.25) is 0 Å². The Kier molecular flexibility index (Phi) is 6.55. The Morgan fingerprint density at radius 3 is 1.47 bits per heavy atom. The summed E-state index contributed by atoms with van der Waals surface area (Å²) in [6.45, 7) is -2.23. The zero-order chi connectivity index (χ0) is 31.4. The summed E-state index contributed by atoms with van der Waals surface area (Å²) in [4.78, 5) is 2.38. The molecule has 2 aliphatic rings. The molecule has 3 nitrogen and oxygen atoms in total. The smallest absolute Gasteiger partial charge is 0.0617 e. The predicted molar refractivity (Wildman–Crippen MR) is 203 cm³/mol. The number of hydrogen-bond acceptors (Lipinski definition) is 1. The van der Waals surface area contributed by atoms with Crippen molar-refractivity contribution in [3.05, 3.63) is 182 Å². The molecular weight excluding hydrogens is 589 g/mol. The number of para-hydroxylation sites is 2. The minimum Gasteiger partial charge on any atom is -0.340 e. The van der Waals surface area contributed by atoms with Crippen LogP contribution >= 0.6 is 6.89 Å². The van der Waals surface area contributed by atoms with Crippen LogP contribution in [0.5, 0.6) is 0 Å². The molecule has 1 aliphatic carbocycles. The lowest BCUT2D eigenvalue weighted by Gasteiger charge is -2.30. The maximum atomic E-state index is 5.11. The summed E-state index contributed by atoms with van der Waals surface area (Å²) in [7, 11) is 0. The van der Waals surface area contributed by atoms with E-state index in [2.05, 4.69) is 196 Å². The first kappa shape index (κ1) is 27.8. The molecular formula is C43H34N3P. The monoisotopic (exact) mass is 623 g/mol. The van der Waals surface area contributed by atoms with Crippen LogP contribution in [0.3, 0.4) is 0 Å². The molecule has 7 aromatic rings. The number of nitrogens with zero attached hydrogens (tertiary/aromatic N) is 3. The van der Waals surface area contributed by atoms with Crippen LogP contribution < -0.4 is 20.8 Å². The molecule has 9 rings (SSSR count). The molecule has 4 heteroatoms. The number of rotatable bonds is 6. The molecule has 0 bridgehead atoms. The highest BCUT2D eigenvalue weighted by Crippen LogP contribution is 2.43. The van der Waals surface area contributed by atoms with Gasteiger partial charge >= 0.3 is 0 Å². The Hall–Kier alpha value is -5.50. The number of hydrogen-bond donors (Lipinski definition) is 0. The minimum absolute atomic E-state index is 0.333. The van der Waals surface area contributed by atoms with E-state index in [4.69, 9.17) is 6.30 Å². The van der Waals surface area contributed by atoms with Crippen LogP contribution in [0.4, 0.5) is 5.69 Å². The average molecular weight is 624 g/mol. The summed E-state index contributed by atoms with van der Waals surface area (Å²) in [6.07, 6.45) is 22.8. The van der Waals surface area contributed by atoms with E-state index < -0.39 is 6.89 Å². The van der Waals surface area contributed by atoms with Gasteiger partial charge in [-0.15, -0.1) is 0 Å². The standard InChI is InChI=1S/C43H34N3P/c1-47(38-20-14-35(15-21-38)44-29-26-32-8-2-5-11-41(32)44,39-22-16-36(17-23-39)45-30-27-33-9-3-6-12-42(33)45)40-24-18-37(19-25-40)46-31-28-34-10-4-7-13-43(34)46/h2-32,41H,1H2. The predicted octanol–water partition coefficient (Wildman–Crippen LogP) is 8.74. The van der Waals surface area contributed by atoms with E-state index in [1.807, 2.05) is 0 Å². The summed E-state index contributed by atoms with van der Waals surface area (Å²) in [5.74, 6) is 0.422. The van der Waals surface area contributed by atoms with Crippen LogP contribution in [0.1, 0.15) is 0 Å². The fraction of sp³-hybridized carbons (Fsp3) is 0.0465. The highest BCUT2D eigenvalue weighted by Gasteiger charge is 2.28. The van der Waals surface area contributed by atoms with Crippen LogP contribution in [-0.2, 0) is 0 Å². The second kappa shape index (κ2) is 11.1. The van der Waals surface area contributed by atoms with Gasteiger partial charge in [-0.25, -0.2) is 0 Å². The van der Waals surface area contributed by atoms with Gasteiger partial charge in [0, 0.05) is 41.6 Å². The molecule has 5 aromatic carbocycles. The number of aromatic nitrogens is 2. The van der Waals surface area contributed by atoms with Gasteiger partial charge in [0.2, 0.25) is 0 Å². The zero-order valence-corrected chi connectivity index (χ0v) is 26.9. The van der Waals surface area contributed by atoms with Crippen molar-refractivity contribution < 1.29 is 0 Å². The van der Waals surface area contributed by atoms with Crippen LogP contribution in [-0.4, -0.2) is 21.5 Å². The summed E-state index contributed by atoms with van der Waals surface area (Å²) in [5, 5.41) is 6.26. The Labute approximate surface area is 275 Å². The van der Waals surface area contributed by atoms with E-state index >= 15 is 0 Å². The second-order valence-electron chi connectivity index (χ2n) is 12.4. The Balaban J connectivity index is 1.12. The Morgan fingerprint density at radius 2 is 0.936 bits per heavy atom. The van der Waals surface area contributed by atoms with Gasteiger partial charge in [-0.2, -0.15) is 0 Å². The van der Waals surface area contributed by atoms with Crippen molar-refractivity contribution in [1.29, 1.82) is 0 Å². The van der Waals surface area contributed by atoms with Crippen LogP contribution in [0.2, 0.25) is 0 Å². The van der Waals surface area contributed by atoms with Crippen molar-refractivity contribution in [3.8, 4) is 11.4 Å². The van der Waals surface area contributed by atoms with Gasteiger partial charge in [-0.05, 0) is 94.2 Å². The number of benzene rings is 5. The molecule has 0 radical (unpaired) electrons. The molecule has 0 saturated heterocycles. The van der Waals surface area contributed by atoms with E-state index in [1.54, 1.807) is 0 Å². The number of allylic oxidation sites excluding steroid dienone is 2. The lowest BCUT2D eigenvalue weighted by atomic mass is 9.97. The van der Waals surface area contributed by atoms with Gasteiger partial charge in [0.25, 0.3) is 0 Å². The van der Waals surface area contributed by atoms with Crippen molar-refractivity contribution in [2.75, 3.05) is 4.90 Å². The third-order valence-electron chi connectivity index (χ3n) is 9.86. The summed E-state index contributed by atoms with van der Waals surface area (Å²) < 4.78 is 4.53. The maximum Gasteiger partial charge on any atom is 0.0617 e. The van der Waals surface area contributed by atoms with Gasteiger partial charge in [-0.1, -0.05) is 109 Å². The van der Waals surface area contributed by atoms with E-state index in [1.165, 1.54) is 43.4 Å². The first-order valence-electron chi connectivity index (χ1n) is 16.2. The van der Waals surface area contributed by atoms with Gasteiger partial charge in [0.15, 0.2) is 0 Å². The van der Waals surface area contributed by atoms with Gasteiger partial charge in [0.1, 0.15) is 0 Å². The van der Waals surface area contributed by atoms with Crippen molar-refractivity contribution >= 4 is 56.6 Å². The molecule has 1 aliphatic heterocycles. The largest absolute Gasteiger partial charge is 0.340 e. The highest BCUT2D eigenvalue weighted by atomic mass is 31.2. The lowest BCUT2D eigenvalue weighted by Crippen LogP contribution is -2.30. The Morgan fingerprint density at radius 1 is 0.468 bits per heavy atom. The quantitative estimate of drug-likeness (QED) is 0.169. The molecule has 47 heavy (non-hydrogen) atoms. The van der Waals surface area contributed by atoms with Gasteiger partial charge < -0.3 is 14.0 Å². The second-order valence-corrected chi connectivity index (χ2v) is 15.6. The van der Waals surface area contributed by atoms with Crippen molar-refractivity contribution in [2.45, 2.75) is 6.04 Å². The normalized spacial score (nSPS) is 17.1. The first-order valence-corrected chi connectivity index (χ1v) is 18.1. The molecule has 2 unspecified atom stereocenters. The summed E-state index contributed by atoms with van der Waals surface area (Å²) >= 11 is 0. The van der Waals surface area contributed by atoms with E-state index in [-0.39, 0.29) is 0 Å². The highest BCUT2D eigenvalue weighted by molar-refractivity contribution is 7.93. The molecule has 0 spiro atoms. The number of anilines is 1. The minimum atomic E-state index is -2.23. The van der Waals surface area contributed by atoms with Gasteiger partial charge in [0.05, 0.1) is 17.1 Å². The summed E-state index contributed by atoms with van der Waals surface area (Å²) in [6, 6.07) is 49.0. The molecule has 226 valence electrons. The Bertz CT molecular complexity index is 2260. The van der Waals surface area contributed by atoms with Crippen molar-refractivity contribution in [3.63, 3.8) is 0 Å². The van der Waals surface area contributed by atoms with E-state index in [0.717, 1.165) is 11.4 Å². The molecule has 2 atom stereocenters. The van der Waals surface area contributed by atoms with Crippen LogP contribution in [0.15, 0.2) is 182 Å². The number of fused-ring (bicyclic) bond motifs is 3. The fourth-order valence-corrected chi connectivity index (χ4v) is 10.2. The average Bonchev–Trinajstić information content (AvgIpc) is 3.89. The van der Waals surface area contributed by atoms with E-state index in [0.29, 0.717) is 12.0 Å². The lowest BCUT2D eigenvalue weighted by molar-refractivity contribution is 0.702. The van der Waals surface area contributed by atoms with Crippen LogP contribution in [0, 0.1) is 5.92 Å². The molecule has 2 aromatic heterocycles. The summed E-state index contributed by atoms with van der Waals surface area (Å²) in [5.41, 5.74) is 5.92. The molecule has 0 saturated carbocycles. The molecule has 0 N–H and O–H groups in total. The van der Waals surface area contributed by atoms with E-state index in [9.17, 15) is 0 Å².